The molecule has 1 heterocycles. The third kappa shape index (κ3) is 6.23. The highest BCUT2D eigenvalue weighted by Crippen LogP contribution is 2.33. The number of carboxylic acid groups (broad SMARTS) is 1. The van der Waals surface area contributed by atoms with Gasteiger partial charge in [0.1, 0.15) is 5.82 Å². The lowest BCUT2D eigenvalue weighted by Crippen LogP contribution is -2.49. The summed E-state index contributed by atoms with van der Waals surface area (Å²) in [7, 11) is -3.91. The molecule has 0 bridgehead atoms. The smallest absolute Gasteiger partial charge is 0.416 e. The maximum atomic E-state index is 14.2. The minimum atomic E-state index is -4.65. The number of carbonyl (C=O) groups is 1. The normalized spacial score (nSPS) is 15.1. The summed E-state index contributed by atoms with van der Waals surface area (Å²) in [5.41, 5.74) is -0.0707. The molecule has 1 N–H and O–H groups in total. The number of halogens is 4. The molecule has 0 spiro atoms. The fraction of sp³-hybridized carbons (Fsp3) is 0.409. The fourth-order valence-electron chi connectivity index (χ4n) is 3.42. The summed E-state index contributed by atoms with van der Waals surface area (Å²) in [4.78, 5) is 12.5. The van der Waals surface area contributed by atoms with Crippen LogP contribution in [-0.2, 0) is 27.4 Å². The second-order valence-corrected chi connectivity index (χ2v) is 9.15. The fourth-order valence-corrected chi connectivity index (χ4v) is 4.89. The van der Waals surface area contributed by atoms with Crippen LogP contribution in [0.3, 0.4) is 0 Å². The molecule has 0 atom stereocenters. The van der Waals surface area contributed by atoms with Crippen LogP contribution in [0.4, 0.5) is 23.2 Å². The number of hydrogen-bond donors (Lipinski definition) is 1. The number of sulfonamides is 1. The number of piperazine rings is 1. The number of benzene rings is 2. The van der Waals surface area contributed by atoms with Gasteiger partial charge < -0.3 is 10.0 Å². The molecule has 0 amide bonds. The van der Waals surface area contributed by atoms with Crippen LogP contribution in [0.15, 0.2) is 41.3 Å². The first-order valence-electron chi connectivity index (χ1n) is 10.3. The Morgan fingerprint density at radius 2 is 1.64 bits per heavy atom. The molecule has 6 nitrogen and oxygen atoms in total. The van der Waals surface area contributed by atoms with E-state index in [0.717, 1.165) is 12.1 Å². The highest BCUT2D eigenvalue weighted by Gasteiger charge is 2.33. The van der Waals surface area contributed by atoms with E-state index >= 15 is 0 Å². The Balaban J connectivity index is 0.00000187. The Morgan fingerprint density at radius 3 is 2.15 bits per heavy atom. The third-order valence-corrected chi connectivity index (χ3v) is 7.05. The summed E-state index contributed by atoms with van der Waals surface area (Å²) in [6.45, 7) is 5.88. The number of nitrogens with zero attached hydrogens (tertiary/aromatic N) is 2. The summed E-state index contributed by atoms with van der Waals surface area (Å²) in [6, 6.07) is 6.53. The van der Waals surface area contributed by atoms with Gasteiger partial charge in [-0.15, -0.1) is 0 Å². The number of hydrogen-bond acceptors (Lipinski definition) is 4. The monoisotopic (exact) mass is 490 g/mol. The van der Waals surface area contributed by atoms with Crippen molar-refractivity contribution in [3.63, 3.8) is 0 Å². The van der Waals surface area contributed by atoms with Gasteiger partial charge in [-0.2, -0.15) is 17.5 Å². The SMILES string of the molecule is CC.Cc1ccc(S(=O)(=O)N2CCN(c3ccc(C(F)(F)F)cc3F)CC2)cc1CC(=O)O. The first kappa shape index (κ1) is 26.6. The van der Waals surface area contributed by atoms with Crippen molar-refractivity contribution < 1.29 is 35.9 Å². The van der Waals surface area contributed by atoms with E-state index in [2.05, 4.69) is 0 Å². The molecule has 33 heavy (non-hydrogen) atoms. The molecule has 2 aromatic rings. The molecule has 0 radical (unpaired) electrons. The van der Waals surface area contributed by atoms with Gasteiger partial charge in [-0.05, 0) is 48.4 Å². The van der Waals surface area contributed by atoms with Gasteiger partial charge >= 0.3 is 12.1 Å². The molecule has 0 saturated carbocycles. The molecule has 1 aliphatic rings. The zero-order valence-corrected chi connectivity index (χ0v) is 19.3. The average molecular weight is 491 g/mol. The van der Waals surface area contributed by atoms with E-state index in [1.54, 1.807) is 13.0 Å². The van der Waals surface area contributed by atoms with Crippen LogP contribution in [0.2, 0.25) is 0 Å². The van der Waals surface area contributed by atoms with Crippen LogP contribution < -0.4 is 4.90 Å². The average Bonchev–Trinajstić information content (AvgIpc) is 2.75. The van der Waals surface area contributed by atoms with E-state index in [4.69, 9.17) is 5.11 Å². The topological polar surface area (TPSA) is 77.9 Å². The molecule has 1 fully saturated rings. The van der Waals surface area contributed by atoms with E-state index < -0.39 is 33.5 Å². The van der Waals surface area contributed by atoms with Crippen LogP contribution in [0.5, 0.6) is 0 Å². The quantitative estimate of drug-likeness (QED) is 0.632. The van der Waals surface area contributed by atoms with Crippen molar-refractivity contribution in [2.24, 2.45) is 0 Å². The Bertz CT molecular complexity index is 1100. The molecule has 0 aromatic heterocycles. The number of anilines is 1. The third-order valence-electron chi connectivity index (χ3n) is 5.15. The van der Waals surface area contributed by atoms with E-state index in [1.807, 2.05) is 13.8 Å². The molecule has 182 valence electrons. The molecule has 2 aromatic carbocycles. The van der Waals surface area contributed by atoms with Crippen molar-refractivity contribution in [1.29, 1.82) is 0 Å². The van der Waals surface area contributed by atoms with Crippen LogP contribution in [0.1, 0.15) is 30.5 Å². The Labute approximate surface area is 190 Å². The summed E-state index contributed by atoms with van der Waals surface area (Å²) < 4.78 is 79.5. The maximum absolute atomic E-state index is 14.2. The molecule has 3 rings (SSSR count). The van der Waals surface area contributed by atoms with Crippen molar-refractivity contribution in [3.8, 4) is 0 Å². The predicted molar refractivity (Wildman–Crippen MR) is 116 cm³/mol. The zero-order chi connectivity index (χ0) is 25.0. The van der Waals surface area contributed by atoms with Crippen LogP contribution in [-0.4, -0.2) is 50.0 Å². The number of rotatable bonds is 5. The van der Waals surface area contributed by atoms with Crippen molar-refractivity contribution in [1.82, 2.24) is 4.31 Å². The summed E-state index contributed by atoms with van der Waals surface area (Å²) in [5.74, 6) is -2.10. The highest BCUT2D eigenvalue weighted by atomic mass is 32.2. The number of carboxylic acids is 1. The predicted octanol–water partition coefficient (Wildman–Crippen LogP) is 4.32. The molecule has 1 aliphatic heterocycles. The van der Waals surface area contributed by atoms with Crippen molar-refractivity contribution in [2.45, 2.75) is 38.3 Å². The summed E-state index contributed by atoms with van der Waals surface area (Å²) in [6.07, 6.45) is -4.96. The van der Waals surface area contributed by atoms with Crippen LogP contribution in [0, 0.1) is 12.7 Å². The van der Waals surface area contributed by atoms with E-state index in [1.165, 1.54) is 21.3 Å². The minimum Gasteiger partial charge on any atom is -0.481 e. The lowest BCUT2D eigenvalue weighted by atomic mass is 10.1. The van der Waals surface area contributed by atoms with E-state index in [9.17, 15) is 30.8 Å². The van der Waals surface area contributed by atoms with E-state index in [-0.39, 0.29) is 43.2 Å². The molecule has 0 unspecified atom stereocenters. The highest BCUT2D eigenvalue weighted by molar-refractivity contribution is 7.89. The lowest BCUT2D eigenvalue weighted by molar-refractivity contribution is -0.138. The lowest BCUT2D eigenvalue weighted by Gasteiger charge is -2.35. The van der Waals surface area contributed by atoms with Gasteiger partial charge in [0, 0.05) is 26.2 Å². The Hall–Kier alpha value is -2.66. The van der Waals surface area contributed by atoms with E-state index in [0.29, 0.717) is 17.2 Å². The maximum Gasteiger partial charge on any atom is 0.416 e. The summed E-state index contributed by atoms with van der Waals surface area (Å²) >= 11 is 0. The largest absolute Gasteiger partial charge is 0.481 e. The van der Waals surface area contributed by atoms with Gasteiger partial charge in [-0.1, -0.05) is 19.9 Å². The van der Waals surface area contributed by atoms with Gasteiger partial charge in [0.25, 0.3) is 0 Å². The van der Waals surface area contributed by atoms with Gasteiger partial charge in [0.15, 0.2) is 0 Å². The zero-order valence-electron chi connectivity index (χ0n) is 18.5. The minimum absolute atomic E-state index is 0.00490. The Morgan fingerprint density at radius 1 is 1.03 bits per heavy atom. The molecule has 0 aliphatic carbocycles. The van der Waals surface area contributed by atoms with Crippen molar-refractivity contribution in [3.05, 3.63) is 58.9 Å². The summed E-state index contributed by atoms with van der Waals surface area (Å²) in [5, 5.41) is 9.00. The molecular weight excluding hydrogens is 464 g/mol. The second kappa shape index (κ2) is 10.5. The van der Waals surface area contributed by atoms with Gasteiger partial charge in [0.05, 0.1) is 22.6 Å². The van der Waals surface area contributed by atoms with Gasteiger partial charge in [0.2, 0.25) is 10.0 Å². The first-order valence-corrected chi connectivity index (χ1v) is 11.8. The second-order valence-electron chi connectivity index (χ2n) is 7.21. The number of alkyl halides is 3. The van der Waals surface area contributed by atoms with Crippen molar-refractivity contribution >= 4 is 21.7 Å². The first-order chi connectivity index (χ1) is 15.4. The van der Waals surface area contributed by atoms with Crippen molar-refractivity contribution in [2.75, 3.05) is 31.1 Å². The molecular formula is C22H26F4N2O4S. The molecule has 1 saturated heterocycles. The van der Waals surface area contributed by atoms with Crippen LogP contribution in [0.25, 0.3) is 0 Å². The number of aryl methyl sites for hydroxylation is 1. The van der Waals surface area contributed by atoms with Crippen LogP contribution >= 0.6 is 0 Å². The molecule has 11 heteroatoms. The van der Waals surface area contributed by atoms with Gasteiger partial charge in [-0.25, -0.2) is 12.8 Å². The Kier molecular flexibility index (Phi) is 8.47. The standard InChI is InChI=1S/C20H20F4N2O4S.C2H6/c1-13-2-4-16(10-14(13)11-19(27)28)31(29,30)26-8-6-25(7-9-26)18-5-3-15(12-17(18)21)20(22,23)24;1-2/h2-5,10,12H,6-9,11H2,1H3,(H,27,28);1-2H3. The number of aliphatic carboxylic acids is 1. The van der Waals surface area contributed by atoms with Gasteiger partial charge in [-0.3, -0.25) is 4.79 Å².